The Morgan fingerprint density at radius 2 is 0.980 bits per heavy atom. The summed E-state index contributed by atoms with van der Waals surface area (Å²) in [6, 6.07) is -0.555. The Morgan fingerprint density at radius 1 is 0.551 bits per heavy atom. The second-order valence-corrected chi connectivity index (χ2v) is 14.7. The highest BCUT2D eigenvalue weighted by Gasteiger charge is 2.20. The minimum Gasteiger partial charge on any atom is -0.466 e. The summed E-state index contributed by atoms with van der Waals surface area (Å²) in [5.41, 5.74) is 0. The number of esters is 1. The molecule has 2 unspecified atom stereocenters. The highest BCUT2D eigenvalue weighted by molar-refractivity contribution is 5.76. The SMILES string of the molecule is CCCC/C=C\CCCCCCCC(=O)OCCCCCCCCCCCCC(=O)NC(CO)C(O)CCCCCCCCCCCCC. The highest BCUT2D eigenvalue weighted by atomic mass is 16.5. The van der Waals surface area contributed by atoms with Crippen LogP contribution in [0.25, 0.3) is 0 Å². The standard InChI is InChI=1S/C43H83NO5/c1-3-5-7-9-11-13-15-19-23-27-31-35-41(46)40(39-45)44-42(47)36-32-28-24-20-17-18-22-26-30-34-38-49-43(48)37-33-29-25-21-16-14-12-10-8-6-4-2/h10,12,40-41,45-46H,3-9,11,13-39H2,1-2H3,(H,44,47)/b12-10-. The Balaban J connectivity index is 3.50. The van der Waals surface area contributed by atoms with E-state index in [1.165, 1.54) is 135 Å². The average Bonchev–Trinajstić information content (AvgIpc) is 3.10. The quantitative estimate of drug-likeness (QED) is 0.0338. The van der Waals surface area contributed by atoms with Crippen LogP contribution in [0, 0.1) is 0 Å². The zero-order valence-electron chi connectivity index (χ0n) is 32.7. The lowest BCUT2D eigenvalue weighted by atomic mass is 10.0. The maximum Gasteiger partial charge on any atom is 0.305 e. The van der Waals surface area contributed by atoms with Crippen LogP contribution in [0.3, 0.4) is 0 Å². The van der Waals surface area contributed by atoms with Crippen molar-refractivity contribution in [2.75, 3.05) is 13.2 Å². The second kappa shape index (κ2) is 39.4. The van der Waals surface area contributed by atoms with Gasteiger partial charge in [0.05, 0.1) is 25.4 Å². The number of hydrogen-bond acceptors (Lipinski definition) is 5. The molecule has 6 heteroatoms. The van der Waals surface area contributed by atoms with Crippen molar-refractivity contribution in [3.05, 3.63) is 12.2 Å². The maximum absolute atomic E-state index is 12.4. The van der Waals surface area contributed by atoms with Crippen LogP contribution < -0.4 is 5.32 Å². The molecule has 49 heavy (non-hydrogen) atoms. The van der Waals surface area contributed by atoms with Crippen LogP contribution in [0.5, 0.6) is 0 Å². The second-order valence-electron chi connectivity index (χ2n) is 14.7. The third kappa shape index (κ3) is 36.2. The molecule has 0 bridgehead atoms. The van der Waals surface area contributed by atoms with Crippen molar-refractivity contribution in [2.45, 2.75) is 238 Å². The Hall–Kier alpha value is -1.40. The third-order valence-corrected chi connectivity index (χ3v) is 9.81. The number of carbonyl (C=O) groups is 2. The Morgan fingerprint density at radius 3 is 1.51 bits per heavy atom. The Bertz CT molecular complexity index is 727. The van der Waals surface area contributed by atoms with E-state index in [-0.39, 0.29) is 18.5 Å². The molecule has 0 rings (SSSR count). The monoisotopic (exact) mass is 694 g/mol. The molecular formula is C43H83NO5. The minimum atomic E-state index is -0.676. The predicted octanol–water partition coefficient (Wildman–Crippen LogP) is 11.8. The van der Waals surface area contributed by atoms with Gasteiger partial charge in [-0.15, -0.1) is 0 Å². The summed E-state index contributed by atoms with van der Waals surface area (Å²) in [4.78, 5) is 24.3. The van der Waals surface area contributed by atoms with Gasteiger partial charge in [0.25, 0.3) is 0 Å². The topological polar surface area (TPSA) is 95.9 Å². The van der Waals surface area contributed by atoms with E-state index in [0.29, 0.717) is 25.9 Å². The maximum atomic E-state index is 12.4. The van der Waals surface area contributed by atoms with E-state index in [2.05, 4.69) is 31.3 Å². The summed E-state index contributed by atoms with van der Waals surface area (Å²) in [5.74, 6) is -0.0909. The van der Waals surface area contributed by atoms with Crippen molar-refractivity contribution in [3.63, 3.8) is 0 Å². The normalized spacial score (nSPS) is 12.8. The van der Waals surface area contributed by atoms with Crippen molar-refractivity contribution in [3.8, 4) is 0 Å². The number of rotatable bonds is 39. The molecular weight excluding hydrogens is 610 g/mol. The van der Waals surface area contributed by atoms with Crippen LogP contribution in [-0.2, 0) is 14.3 Å². The van der Waals surface area contributed by atoms with Crippen molar-refractivity contribution in [2.24, 2.45) is 0 Å². The van der Waals surface area contributed by atoms with Gasteiger partial charge in [-0.3, -0.25) is 9.59 Å². The van der Waals surface area contributed by atoms with E-state index in [1.54, 1.807) is 0 Å². The number of allylic oxidation sites excluding steroid dienone is 2. The van der Waals surface area contributed by atoms with E-state index >= 15 is 0 Å². The number of hydrogen-bond donors (Lipinski definition) is 3. The fourth-order valence-electron chi connectivity index (χ4n) is 6.44. The smallest absolute Gasteiger partial charge is 0.305 e. The van der Waals surface area contributed by atoms with Crippen LogP contribution >= 0.6 is 0 Å². The number of ether oxygens (including phenoxy) is 1. The molecule has 1 amide bonds. The van der Waals surface area contributed by atoms with E-state index < -0.39 is 12.1 Å². The number of nitrogens with one attached hydrogen (secondary N) is 1. The fourth-order valence-corrected chi connectivity index (χ4v) is 6.44. The van der Waals surface area contributed by atoms with Gasteiger partial charge >= 0.3 is 5.97 Å². The van der Waals surface area contributed by atoms with Crippen LogP contribution in [0.2, 0.25) is 0 Å². The summed E-state index contributed by atoms with van der Waals surface area (Å²) in [5, 5.41) is 23.0. The first kappa shape index (κ1) is 47.6. The minimum absolute atomic E-state index is 0.0306. The van der Waals surface area contributed by atoms with Crippen LogP contribution in [0.1, 0.15) is 226 Å². The first-order chi connectivity index (χ1) is 24.0. The molecule has 0 aromatic carbocycles. The lowest BCUT2D eigenvalue weighted by molar-refractivity contribution is -0.143. The molecule has 0 aliphatic rings. The van der Waals surface area contributed by atoms with E-state index in [0.717, 1.165) is 57.8 Å². The summed E-state index contributed by atoms with van der Waals surface area (Å²) >= 11 is 0. The van der Waals surface area contributed by atoms with Crippen LogP contribution in [-0.4, -0.2) is 47.4 Å². The molecule has 0 aliphatic carbocycles. The number of aliphatic hydroxyl groups is 2. The van der Waals surface area contributed by atoms with Crippen molar-refractivity contribution >= 4 is 11.9 Å². The Labute approximate surface area is 304 Å². The van der Waals surface area contributed by atoms with Gasteiger partial charge < -0.3 is 20.3 Å². The lowest BCUT2D eigenvalue weighted by Gasteiger charge is -2.22. The zero-order valence-corrected chi connectivity index (χ0v) is 32.7. The molecule has 290 valence electrons. The van der Waals surface area contributed by atoms with Gasteiger partial charge in [-0.05, 0) is 44.9 Å². The van der Waals surface area contributed by atoms with Crippen molar-refractivity contribution in [1.82, 2.24) is 5.32 Å². The molecule has 0 aromatic rings. The first-order valence-electron chi connectivity index (χ1n) is 21.4. The molecule has 0 radical (unpaired) electrons. The van der Waals surface area contributed by atoms with Gasteiger partial charge in [-0.25, -0.2) is 0 Å². The van der Waals surface area contributed by atoms with Gasteiger partial charge in [0.1, 0.15) is 0 Å². The number of unbranched alkanes of at least 4 members (excludes halogenated alkanes) is 26. The lowest BCUT2D eigenvalue weighted by Crippen LogP contribution is -2.45. The number of amides is 1. The fraction of sp³-hybridized carbons (Fsp3) is 0.907. The first-order valence-corrected chi connectivity index (χ1v) is 21.4. The molecule has 0 saturated heterocycles. The predicted molar refractivity (Wildman–Crippen MR) is 209 cm³/mol. The summed E-state index contributed by atoms with van der Waals surface area (Å²) in [6.45, 7) is 4.84. The summed E-state index contributed by atoms with van der Waals surface area (Å²) in [6.07, 6.45) is 41.6. The molecule has 0 aromatic heterocycles. The molecule has 0 saturated carbocycles. The molecule has 0 aliphatic heterocycles. The van der Waals surface area contributed by atoms with E-state index in [9.17, 15) is 19.8 Å². The van der Waals surface area contributed by atoms with Crippen molar-refractivity contribution < 1.29 is 24.5 Å². The molecule has 6 nitrogen and oxygen atoms in total. The van der Waals surface area contributed by atoms with Gasteiger partial charge in [0.2, 0.25) is 5.91 Å². The molecule has 0 fully saturated rings. The zero-order chi connectivity index (χ0) is 35.9. The molecule has 0 spiro atoms. The van der Waals surface area contributed by atoms with E-state index in [1.807, 2.05) is 0 Å². The molecule has 2 atom stereocenters. The van der Waals surface area contributed by atoms with Gasteiger partial charge in [-0.1, -0.05) is 180 Å². The Kier molecular flexibility index (Phi) is 38.3. The molecule has 0 heterocycles. The van der Waals surface area contributed by atoms with E-state index in [4.69, 9.17) is 4.74 Å². The van der Waals surface area contributed by atoms with Gasteiger partial charge in [0, 0.05) is 12.8 Å². The van der Waals surface area contributed by atoms with Gasteiger partial charge in [0.15, 0.2) is 0 Å². The third-order valence-electron chi connectivity index (χ3n) is 9.81. The van der Waals surface area contributed by atoms with Crippen molar-refractivity contribution in [1.29, 1.82) is 0 Å². The largest absolute Gasteiger partial charge is 0.466 e. The highest BCUT2D eigenvalue weighted by Crippen LogP contribution is 2.15. The van der Waals surface area contributed by atoms with Crippen LogP contribution in [0.4, 0.5) is 0 Å². The summed E-state index contributed by atoms with van der Waals surface area (Å²) in [7, 11) is 0. The van der Waals surface area contributed by atoms with Crippen LogP contribution in [0.15, 0.2) is 12.2 Å². The summed E-state index contributed by atoms with van der Waals surface area (Å²) < 4.78 is 5.41. The van der Waals surface area contributed by atoms with Gasteiger partial charge in [-0.2, -0.15) is 0 Å². The number of carbonyl (C=O) groups excluding carboxylic acids is 2. The molecule has 3 N–H and O–H groups in total. The average molecular weight is 694 g/mol. The number of aliphatic hydroxyl groups excluding tert-OH is 2.